The summed E-state index contributed by atoms with van der Waals surface area (Å²) in [5.41, 5.74) is 0.107. The Kier molecular flexibility index (Phi) is 5.21. The Bertz CT molecular complexity index is 839. The molecule has 0 saturated carbocycles. The molecular formula is C16H15BrF2N4O3. The number of benzene rings is 1. The van der Waals surface area contributed by atoms with E-state index in [1.54, 1.807) is 4.90 Å². The van der Waals surface area contributed by atoms with Crippen LogP contribution in [0.2, 0.25) is 0 Å². The first kappa shape index (κ1) is 18.3. The number of anilines is 1. The highest BCUT2D eigenvalue weighted by Gasteiger charge is 2.38. The van der Waals surface area contributed by atoms with Gasteiger partial charge in [0.15, 0.2) is 0 Å². The van der Waals surface area contributed by atoms with Gasteiger partial charge in [-0.3, -0.25) is 0 Å². The number of hydrogen-bond acceptors (Lipinski definition) is 5. The summed E-state index contributed by atoms with van der Waals surface area (Å²) >= 11 is 3.26. The van der Waals surface area contributed by atoms with Gasteiger partial charge in [-0.25, -0.2) is 18.6 Å². The average Bonchev–Trinajstić information content (AvgIpc) is 3.00. The van der Waals surface area contributed by atoms with Crippen LogP contribution in [0.15, 0.2) is 28.9 Å². The summed E-state index contributed by atoms with van der Waals surface area (Å²) in [6, 6.07) is 2.49. The van der Waals surface area contributed by atoms with E-state index in [0.29, 0.717) is 16.3 Å². The number of nitrogens with one attached hydrogen (secondary N) is 1. The van der Waals surface area contributed by atoms with Crippen molar-refractivity contribution in [2.24, 2.45) is 0 Å². The molecule has 0 bridgehead atoms. The lowest BCUT2D eigenvalue weighted by atomic mass is 9.94. The number of amides is 1. The summed E-state index contributed by atoms with van der Waals surface area (Å²) in [7, 11) is 1.46. The molecule has 1 aliphatic heterocycles. The first-order valence-electron chi connectivity index (χ1n) is 7.65. The van der Waals surface area contributed by atoms with Gasteiger partial charge in [-0.05, 0) is 39.7 Å². The van der Waals surface area contributed by atoms with Crippen molar-refractivity contribution in [2.75, 3.05) is 25.1 Å². The van der Waals surface area contributed by atoms with Gasteiger partial charge in [0.1, 0.15) is 11.6 Å². The Morgan fingerprint density at radius 1 is 1.42 bits per heavy atom. The zero-order valence-electron chi connectivity index (χ0n) is 13.6. The molecule has 3 rings (SSSR count). The quantitative estimate of drug-likeness (QED) is 0.778. The molecule has 26 heavy (non-hydrogen) atoms. The van der Waals surface area contributed by atoms with Gasteiger partial charge >= 0.3 is 6.09 Å². The number of carboxylic acid groups (broad SMARTS) is 1. The first-order chi connectivity index (χ1) is 12.4. The molecule has 2 aromatic rings. The largest absolute Gasteiger partial charge is 0.480 e. The number of nitrogens with zero attached hydrogens (tertiary/aromatic N) is 3. The van der Waals surface area contributed by atoms with Crippen LogP contribution in [0.25, 0.3) is 0 Å². The van der Waals surface area contributed by atoms with Crippen LogP contribution in [0, 0.1) is 11.6 Å². The monoisotopic (exact) mass is 428 g/mol. The Hall–Kier alpha value is -2.49. The fourth-order valence-corrected chi connectivity index (χ4v) is 3.38. The number of carbonyl (C=O) groups is 1. The minimum absolute atomic E-state index is 0.107. The second kappa shape index (κ2) is 7.40. The maximum absolute atomic E-state index is 14.2. The minimum Gasteiger partial charge on any atom is -0.480 e. The summed E-state index contributed by atoms with van der Waals surface area (Å²) in [6.45, 7) is 0.424. The molecule has 2 N–H and O–H groups in total. The van der Waals surface area contributed by atoms with Crippen molar-refractivity contribution in [3.8, 4) is 5.88 Å². The van der Waals surface area contributed by atoms with Gasteiger partial charge < -0.3 is 20.1 Å². The van der Waals surface area contributed by atoms with Crippen molar-refractivity contribution in [3.05, 3.63) is 46.1 Å². The molecule has 1 saturated heterocycles. The van der Waals surface area contributed by atoms with Crippen molar-refractivity contribution < 1.29 is 23.4 Å². The Labute approximate surface area is 156 Å². The lowest BCUT2D eigenvalue weighted by Crippen LogP contribution is -2.39. The number of rotatable bonds is 4. The molecule has 2 atom stereocenters. The highest BCUT2D eigenvalue weighted by atomic mass is 79.9. The average molecular weight is 429 g/mol. The molecule has 7 nitrogen and oxygen atoms in total. The molecule has 0 unspecified atom stereocenters. The van der Waals surface area contributed by atoms with E-state index in [-0.39, 0.29) is 18.7 Å². The maximum Gasteiger partial charge on any atom is 0.404 e. The predicted octanol–water partition coefficient (Wildman–Crippen LogP) is 2.77. The smallest absolute Gasteiger partial charge is 0.404 e. The van der Waals surface area contributed by atoms with E-state index in [4.69, 9.17) is 9.84 Å². The third-order valence-electron chi connectivity index (χ3n) is 4.16. The summed E-state index contributed by atoms with van der Waals surface area (Å²) < 4.78 is 33.5. The molecule has 138 valence electrons. The van der Waals surface area contributed by atoms with Crippen LogP contribution in [0.1, 0.15) is 11.5 Å². The lowest BCUT2D eigenvalue weighted by molar-refractivity contribution is 0.189. The van der Waals surface area contributed by atoms with Gasteiger partial charge in [-0.2, -0.15) is 4.98 Å². The van der Waals surface area contributed by atoms with Crippen molar-refractivity contribution in [1.82, 2.24) is 15.3 Å². The Morgan fingerprint density at radius 3 is 2.88 bits per heavy atom. The summed E-state index contributed by atoms with van der Waals surface area (Å²) in [5, 5.41) is 11.4. The molecule has 2 heterocycles. The van der Waals surface area contributed by atoms with Crippen LogP contribution < -0.4 is 15.0 Å². The highest BCUT2D eigenvalue weighted by molar-refractivity contribution is 9.10. The molecular weight excluding hydrogens is 414 g/mol. The van der Waals surface area contributed by atoms with E-state index < -0.39 is 29.7 Å². The van der Waals surface area contributed by atoms with Gasteiger partial charge in [-0.15, -0.1) is 0 Å². The van der Waals surface area contributed by atoms with Gasteiger partial charge in [0.05, 0.1) is 23.8 Å². The highest BCUT2D eigenvalue weighted by Crippen LogP contribution is 2.33. The molecule has 0 spiro atoms. The molecule has 0 radical (unpaired) electrons. The Morgan fingerprint density at radius 2 is 2.19 bits per heavy atom. The van der Waals surface area contributed by atoms with E-state index >= 15 is 0 Å². The predicted molar refractivity (Wildman–Crippen MR) is 92.5 cm³/mol. The van der Waals surface area contributed by atoms with Gasteiger partial charge in [0.25, 0.3) is 0 Å². The SMILES string of the molecule is COc1nc(N2C[C@H](NC(=O)O)[C@@H](c3cc(F)ccc3F)C2)ncc1Br. The third-order valence-corrected chi connectivity index (χ3v) is 4.71. The second-order valence-corrected chi connectivity index (χ2v) is 6.61. The molecule has 1 aliphatic rings. The van der Waals surface area contributed by atoms with Crippen molar-refractivity contribution >= 4 is 28.0 Å². The van der Waals surface area contributed by atoms with Gasteiger partial charge in [0, 0.05) is 19.0 Å². The topological polar surface area (TPSA) is 87.6 Å². The number of methoxy groups -OCH3 is 1. The summed E-state index contributed by atoms with van der Waals surface area (Å²) in [4.78, 5) is 21.3. The molecule has 10 heteroatoms. The van der Waals surface area contributed by atoms with Crippen LogP contribution >= 0.6 is 15.9 Å². The number of aromatic nitrogens is 2. The number of hydrogen-bond donors (Lipinski definition) is 2. The van der Waals surface area contributed by atoms with E-state index in [2.05, 4.69) is 31.2 Å². The number of halogens is 3. The Balaban J connectivity index is 1.94. The summed E-state index contributed by atoms with van der Waals surface area (Å²) in [5.74, 6) is -1.15. The standard InChI is InChI=1S/C16H15BrF2N4O3/c1-26-14-11(17)5-20-15(22-14)23-6-10(13(7-23)21-16(24)25)9-4-8(18)2-3-12(9)19/h2-5,10,13,21H,6-7H2,1H3,(H,24,25)/t10-,13+/m1/s1. The molecule has 1 aromatic heterocycles. The molecule has 1 aromatic carbocycles. The van der Waals surface area contributed by atoms with Crippen LogP contribution in [-0.2, 0) is 0 Å². The molecule has 1 fully saturated rings. The van der Waals surface area contributed by atoms with Crippen molar-refractivity contribution in [3.63, 3.8) is 0 Å². The third kappa shape index (κ3) is 3.69. The van der Waals surface area contributed by atoms with Crippen molar-refractivity contribution in [1.29, 1.82) is 0 Å². The van der Waals surface area contributed by atoms with E-state index in [1.807, 2.05) is 0 Å². The first-order valence-corrected chi connectivity index (χ1v) is 8.44. The van der Waals surface area contributed by atoms with E-state index in [1.165, 1.54) is 13.3 Å². The van der Waals surface area contributed by atoms with E-state index in [0.717, 1.165) is 18.2 Å². The van der Waals surface area contributed by atoms with Crippen LogP contribution in [-0.4, -0.2) is 47.4 Å². The fraction of sp³-hybridized carbons (Fsp3) is 0.312. The van der Waals surface area contributed by atoms with E-state index in [9.17, 15) is 13.6 Å². The molecule has 1 amide bonds. The van der Waals surface area contributed by atoms with Crippen LogP contribution in [0.3, 0.4) is 0 Å². The normalized spacial score (nSPS) is 19.5. The lowest BCUT2D eigenvalue weighted by Gasteiger charge is -2.18. The fourth-order valence-electron chi connectivity index (χ4n) is 3.02. The second-order valence-electron chi connectivity index (χ2n) is 5.76. The van der Waals surface area contributed by atoms with Gasteiger partial charge in [0.2, 0.25) is 11.8 Å². The molecule has 0 aliphatic carbocycles. The van der Waals surface area contributed by atoms with Crippen LogP contribution in [0.5, 0.6) is 5.88 Å². The zero-order chi connectivity index (χ0) is 18.8. The zero-order valence-corrected chi connectivity index (χ0v) is 15.2. The number of ether oxygens (including phenoxy) is 1. The van der Waals surface area contributed by atoms with Gasteiger partial charge in [-0.1, -0.05) is 0 Å². The summed E-state index contributed by atoms with van der Waals surface area (Å²) in [6.07, 6.45) is 0.268. The maximum atomic E-state index is 14.2. The van der Waals surface area contributed by atoms with Crippen molar-refractivity contribution in [2.45, 2.75) is 12.0 Å². The minimum atomic E-state index is -1.24. The van der Waals surface area contributed by atoms with Crippen LogP contribution in [0.4, 0.5) is 19.5 Å².